The molecule has 1 aromatic carbocycles. The number of benzene rings is 1. The lowest BCUT2D eigenvalue weighted by Gasteiger charge is -2.13. The molecule has 0 saturated heterocycles. The molecule has 0 aliphatic carbocycles. The Hall–Kier alpha value is -1.37. The van der Waals surface area contributed by atoms with Gasteiger partial charge in [0.05, 0.1) is 11.6 Å². The minimum absolute atomic E-state index is 0.209. The molecule has 0 bridgehead atoms. The van der Waals surface area contributed by atoms with Crippen LogP contribution in [-0.4, -0.2) is 17.8 Å². The first-order valence-electron chi connectivity index (χ1n) is 5.51. The summed E-state index contributed by atoms with van der Waals surface area (Å²) in [5, 5.41) is 20.9. The predicted molar refractivity (Wildman–Crippen MR) is 63.9 cm³/mol. The van der Waals surface area contributed by atoms with Crippen LogP contribution in [0.3, 0.4) is 0 Å². The van der Waals surface area contributed by atoms with Crippen LogP contribution in [0.4, 0.5) is 0 Å². The molecule has 0 aliphatic rings. The molecular weight excluding hydrogens is 200 g/mol. The molecule has 3 nitrogen and oxygen atoms in total. The van der Waals surface area contributed by atoms with Gasteiger partial charge in [0.15, 0.2) is 0 Å². The van der Waals surface area contributed by atoms with Gasteiger partial charge in [-0.25, -0.2) is 0 Å². The average molecular weight is 218 g/mol. The second kappa shape index (κ2) is 6.26. The highest BCUT2D eigenvalue weighted by Gasteiger charge is 2.03. The van der Waals surface area contributed by atoms with Gasteiger partial charge in [0.25, 0.3) is 0 Å². The summed E-state index contributed by atoms with van der Waals surface area (Å²) >= 11 is 0. The van der Waals surface area contributed by atoms with Crippen molar-refractivity contribution < 1.29 is 5.11 Å². The highest BCUT2D eigenvalue weighted by atomic mass is 16.3. The molecule has 1 rings (SSSR count). The lowest BCUT2D eigenvalue weighted by molar-refractivity contribution is 0.268. The van der Waals surface area contributed by atoms with Crippen molar-refractivity contribution in [3.63, 3.8) is 0 Å². The van der Waals surface area contributed by atoms with Gasteiger partial charge >= 0.3 is 0 Å². The van der Waals surface area contributed by atoms with Gasteiger partial charge in [-0.1, -0.05) is 6.07 Å². The van der Waals surface area contributed by atoms with Gasteiger partial charge in [-0.3, -0.25) is 0 Å². The first kappa shape index (κ1) is 12.7. The molecule has 0 fully saturated rings. The summed E-state index contributed by atoms with van der Waals surface area (Å²) in [5.74, 6) is 0. The second-order valence-electron chi connectivity index (χ2n) is 4.05. The van der Waals surface area contributed by atoms with E-state index in [0.29, 0.717) is 11.6 Å². The zero-order valence-corrected chi connectivity index (χ0v) is 9.83. The molecule has 0 radical (unpaired) electrons. The van der Waals surface area contributed by atoms with Gasteiger partial charge in [0.2, 0.25) is 0 Å². The number of rotatable bonds is 5. The van der Waals surface area contributed by atoms with Crippen molar-refractivity contribution in [2.24, 2.45) is 0 Å². The number of aryl methyl sites for hydroxylation is 1. The number of hydrogen-bond donors (Lipinski definition) is 2. The molecule has 0 heterocycles. The Morgan fingerprint density at radius 2 is 2.25 bits per heavy atom. The van der Waals surface area contributed by atoms with Crippen molar-refractivity contribution in [1.82, 2.24) is 5.32 Å². The van der Waals surface area contributed by atoms with Crippen LogP contribution >= 0.6 is 0 Å². The van der Waals surface area contributed by atoms with Crippen LogP contribution in [0, 0.1) is 18.3 Å². The Kier molecular flexibility index (Phi) is 4.97. The Morgan fingerprint density at radius 3 is 2.81 bits per heavy atom. The fourth-order valence-electron chi connectivity index (χ4n) is 1.54. The molecule has 1 aromatic rings. The lowest BCUT2D eigenvalue weighted by atomic mass is 10.1. The monoisotopic (exact) mass is 218 g/mol. The number of hydrogen-bond acceptors (Lipinski definition) is 3. The number of aliphatic hydroxyl groups excluding tert-OH is 1. The molecule has 0 aliphatic heterocycles. The SMILES string of the molecule is Cc1cc(C#N)ccc1CNC(C)CCO. The van der Waals surface area contributed by atoms with Gasteiger partial charge in [-0.2, -0.15) is 5.26 Å². The molecule has 0 saturated carbocycles. The maximum atomic E-state index is 8.78. The lowest BCUT2D eigenvalue weighted by Crippen LogP contribution is -2.26. The van der Waals surface area contributed by atoms with Gasteiger partial charge in [0.1, 0.15) is 0 Å². The van der Waals surface area contributed by atoms with Crippen molar-refractivity contribution >= 4 is 0 Å². The van der Waals surface area contributed by atoms with Crippen molar-refractivity contribution in [1.29, 1.82) is 5.26 Å². The van der Waals surface area contributed by atoms with Crippen LogP contribution in [0.25, 0.3) is 0 Å². The van der Waals surface area contributed by atoms with Crippen molar-refractivity contribution in [3.05, 3.63) is 34.9 Å². The van der Waals surface area contributed by atoms with E-state index < -0.39 is 0 Å². The minimum atomic E-state index is 0.209. The van der Waals surface area contributed by atoms with Crippen LogP contribution in [0.5, 0.6) is 0 Å². The summed E-state index contributed by atoms with van der Waals surface area (Å²) in [6.45, 7) is 5.04. The topological polar surface area (TPSA) is 56.0 Å². The van der Waals surface area contributed by atoms with E-state index in [2.05, 4.69) is 18.3 Å². The number of nitrogens with one attached hydrogen (secondary N) is 1. The van der Waals surface area contributed by atoms with E-state index in [1.54, 1.807) is 0 Å². The quantitative estimate of drug-likeness (QED) is 0.791. The van der Waals surface area contributed by atoms with E-state index in [0.717, 1.165) is 18.5 Å². The van der Waals surface area contributed by atoms with E-state index in [-0.39, 0.29) is 6.61 Å². The zero-order chi connectivity index (χ0) is 12.0. The molecule has 0 spiro atoms. The maximum absolute atomic E-state index is 8.78. The minimum Gasteiger partial charge on any atom is -0.396 e. The van der Waals surface area contributed by atoms with Gasteiger partial charge in [-0.05, 0) is 43.5 Å². The summed E-state index contributed by atoms with van der Waals surface area (Å²) in [6.07, 6.45) is 0.759. The highest BCUT2D eigenvalue weighted by molar-refractivity contribution is 5.37. The van der Waals surface area contributed by atoms with Crippen LogP contribution in [0.1, 0.15) is 30.0 Å². The Labute approximate surface area is 96.7 Å². The van der Waals surface area contributed by atoms with E-state index in [1.165, 1.54) is 5.56 Å². The Morgan fingerprint density at radius 1 is 1.50 bits per heavy atom. The summed E-state index contributed by atoms with van der Waals surface area (Å²) in [5.41, 5.74) is 3.02. The Bertz CT molecular complexity index is 382. The molecular formula is C13H18N2O. The summed E-state index contributed by atoms with van der Waals surface area (Å²) < 4.78 is 0. The number of aliphatic hydroxyl groups is 1. The normalized spacial score (nSPS) is 12.1. The number of nitrogens with zero attached hydrogens (tertiary/aromatic N) is 1. The Balaban J connectivity index is 2.58. The molecule has 0 aromatic heterocycles. The van der Waals surface area contributed by atoms with Crippen LogP contribution in [0.15, 0.2) is 18.2 Å². The third-order valence-electron chi connectivity index (χ3n) is 2.67. The van der Waals surface area contributed by atoms with Crippen LogP contribution in [-0.2, 0) is 6.54 Å². The largest absolute Gasteiger partial charge is 0.396 e. The maximum Gasteiger partial charge on any atom is 0.0991 e. The molecule has 0 amide bonds. The molecule has 3 heteroatoms. The third-order valence-corrected chi connectivity index (χ3v) is 2.67. The van der Waals surface area contributed by atoms with Crippen molar-refractivity contribution in [2.75, 3.05) is 6.61 Å². The molecule has 16 heavy (non-hydrogen) atoms. The second-order valence-corrected chi connectivity index (χ2v) is 4.05. The van der Waals surface area contributed by atoms with Gasteiger partial charge in [0, 0.05) is 19.2 Å². The summed E-state index contributed by atoms with van der Waals surface area (Å²) in [6, 6.07) is 8.14. The smallest absolute Gasteiger partial charge is 0.0991 e. The molecule has 1 atom stereocenters. The molecule has 86 valence electrons. The fourth-order valence-corrected chi connectivity index (χ4v) is 1.54. The van der Waals surface area contributed by atoms with E-state index in [4.69, 9.17) is 10.4 Å². The van der Waals surface area contributed by atoms with E-state index in [1.807, 2.05) is 25.1 Å². The third kappa shape index (κ3) is 3.65. The highest BCUT2D eigenvalue weighted by Crippen LogP contribution is 2.10. The van der Waals surface area contributed by atoms with Gasteiger partial charge < -0.3 is 10.4 Å². The fraction of sp³-hybridized carbons (Fsp3) is 0.462. The average Bonchev–Trinajstić information content (AvgIpc) is 2.27. The molecule has 2 N–H and O–H groups in total. The van der Waals surface area contributed by atoms with E-state index >= 15 is 0 Å². The predicted octanol–water partition coefficient (Wildman–Crippen LogP) is 1.73. The van der Waals surface area contributed by atoms with Crippen LogP contribution in [0.2, 0.25) is 0 Å². The zero-order valence-electron chi connectivity index (χ0n) is 9.83. The first-order valence-corrected chi connectivity index (χ1v) is 5.51. The first-order chi connectivity index (χ1) is 7.67. The van der Waals surface area contributed by atoms with Crippen molar-refractivity contribution in [2.45, 2.75) is 32.9 Å². The summed E-state index contributed by atoms with van der Waals surface area (Å²) in [7, 11) is 0. The number of nitriles is 1. The summed E-state index contributed by atoms with van der Waals surface area (Å²) in [4.78, 5) is 0. The van der Waals surface area contributed by atoms with Crippen molar-refractivity contribution in [3.8, 4) is 6.07 Å². The van der Waals surface area contributed by atoms with Gasteiger partial charge in [-0.15, -0.1) is 0 Å². The van der Waals surface area contributed by atoms with E-state index in [9.17, 15) is 0 Å². The standard InChI is InChI=1S/C13H18N2O/c1-10-7-12(8-14)3-4-13(10)9-15-11(2)5-6-16/h3-4,7,11,15-16H,5-6,9H2,1-2H3. The van der Waals surface area contributed by atoms with Crippen LogP contribution < -0.4 is 5.32 Å². The molecule has 1 unspecified atom stereocenters.